The van der Waals surface area contributed by atoms with Gasteiger partial charge in [-0.1, -0.05) is 22.9 Å². The summed E-state index contributed by atoms with van der Waals surface area (Å²) in [5.41, 5.74) is 7.94. The minimum absolute atomic E-state index is 0.0391. The second-order valence-electron chi connectivity index (χ2n) is 5.87. The van der Waals surface area contributed by atoms with Gasteiger partial charge in [-0.3, -0.25) is 10.1 Å². The van der Waals surface area contributed by atoms with E-state index in [9.17, 15) is 18.4 Å². The van der Waals surface area contributed by atoms with Gasteiger partial charge in [-0.25, -0.2) is 18.6 Å². The number of aromatic nitrogens is 1. The number of hydrogen-bond acceptors (Lipinski definition) is 5. The summed E-state index contributed by atoms with van der Waals surface area (Å²) in [6, 6.07) is 3.82. The highest BCUT2D eigenvalue weighted by Crippen LogP contribution is 2.20. The predicted molar refractivity (Wildman–Crippen MR) is 97.8 cm³/mol. The minimum Gasteiger partial charge on any atom is -0.348 e. The molecule has 0 saturated carbocycles. The molecule has 0 saturated heterocycles. The van der Waals surface area contributed by atoms with Crippen LogP contribution in [0.25, 0.3) is 0 Å². The summed E-state index contributed by atoms with van der Waals surface area (Å²) in [5.74, 6) is -1.74. The lowest BCUT2D eigenvalue weighted by Gasteiger charge is -2.19. The van der Waals surface area contributed by atoms with Crippen molar-refractivity contribution in [2.24, 2.45) is 5.22 Å². The van der Waals surface area contributed by atoms with Gasteiger partial charge < -0.3 is 5.32 Å². The Bertz CT molecular complexity index is 911. The molecule has 11 heteroatoms. The number of nitrogens with zero attached hydrogens (tertiary/aromatic N) is 3. The summed E-state index contributed by atoms with van der Waals surface area (Å²) in [5, 5.41) is 8.44. The fraction of sp³-hybridized carbons (Fsp3) is 0.235. The smallest absolute Gasteiger partial charge is 0.345 e. The van der Waals surface area contributed by atoms with Crippen LogP contribution in [0.4, 0.5) is 19.4 Å². The molecule has 0 bridgehead atoms. The van der Waals surface area contributed by atoms with E-state index >= 15 is 0 Å². The first kappa shape index (κ1) is 21.2. The number of carbonyl (C=O) groups is 2. The molecule has 0 unspecified atom stereocenters. The molecule has 0 fully saturated rings. The van der Waals surface area contributed by atoms with E-state index in [1.807, 2.05) is 0 Å². The van der Waals surface area contributed by atoms with E-state index in [0.29, 0.717) is 16.1 Å². The van der Waals surface area contributed by atoms with Gasteiger partial charge in [0, 0.05) is 0 Å². The fourth-order valence-corrected chi connectivity index (χ4v) is 2.40. The number of hydrogen-bond donors (Lipinski definition) is 3. The first-order valence-corrected chi connectivity index (χ1v) is 8.41. The molecule has 2 aromatic rings. The Morgan fingerprint density at radius 3 is 2.68 bits per heavy atom. The van der Waals surface area contributed by atoms with Crippen LogP contribution in [-0.2, 0) is 4.79 Å². The van der Waals surface area contributed by atoms with E-state index in [4.69, 9.17) is 17.1 Å². The molecule has 1 atom stereocenters. The van der Waals surface area contributed by atoms with Gasteiger partial charge in [-0.2, -0.15) is 10.5 Å². The van der Waals surface area contributed by atoms with Gasteiger partial charge >= 0.3 is 6.03 Å². The molecule has 3 amide bonds. The summed E-state index contributed by atoms with van der Waals surface area (Å²) in [4.78, 5) is 28.1. The third-order valence-corrected chi connectivity index (χ3v) is 4.05. The number of halogens is 3. The van der Waals surface area contributed by atoms with Gasteiger partial charge in [0.05, 0.1) is 17.3 Å². The molecule has 0 aliphatic heterocycles. The zero-order valence-electron chi connectivity index (χ0n) is 15.0. The Balaban J connectivity index is 1.98. The van der Waals surface area contributed by atoms with Crippen molar-refractivity contribution in [1.29, 1.82) is 5.53 Å². The molecule has 3 N–H and O–H groups in total. The summed E-state index contributed by atoms with van der Waals surface area (Å²) in [6.07, 6.45) is 0.921. The lowest BCUT2D eigenvalue weighted by atomic mass is 10.1. The van der Waals surface area contributed by atoms with Crippen LogP contribution in [0.2, 0.25) is 5.02 Å². The monoisotopic (exact) mass is 410 g/mol. The van der Waals surface area contributed by atoms with Gasteiger partial charge in [0.15, 0.2) is 0 Å². The zero-order chi connectivity index (χ0) is 20.8. The fourth-order valence-electron chi connectivity index (χ4n) is 2.28. The van der Waals surface area contributed by atoms with Crippen LogP contribution in [0.3, 0.4) is 0 Å². The maximum absolute atomic E-state index is 13.5. The minimum atomic E-state index is -0.891. The van der Waals surface area contributed by atoms with Crippen LogP contribution in [0, 0.1) is 24.1 Å². The topological polar surface area (TPSA) is 111 Å². The first-order chi connectivity index (χ1) is 13.2. The van der Waals surface area contributed by atoms with Gasteiger partial charge in [-0.15, -0.1) is 0 Å². The van der Waals surface area contributed by atoms with Crippen LogP contribution >= 0.6 is 11.6 Å². The van der Waals surface area contributed by atoms with Crippen LogP contribution in [0.5, 0.6) is 0 Å². The third kappa shape index (κ3) is 5.43. The van der Waals surface area contributed by atoms with Crippen molar-refractivity contribution in [3.8, 4) is 0 Å². The van der Waals surface area contributed by atoms with E-state index in [1.54, 1.807) is 13.0 Å². The molecule has 148 valence electrons. The van der Waals surface area contributed by atoms with Gasteiger partial charge in [0.2, 0.25) is 5.91 Å². The van der Waals surface area contributed by atoms with Crippen molar-refractivity contribution in [3.05, 3.63) is 58.2 Å². The van der Waals surface area contributed by atoms with Crippen molar-refractivity contribution in [1.82, 2.24) is 15.3 Å². The Kier molecular flexibility index (Phi) is 6.94. The Morgan fingerprint density at radius 1 is 1.36 bits per heavy atom. The highest BCUT2D eigenvalue weighted by molar-refractivity contribution is 6.30. The maximum Gasteiger partial charge on any atom is 0.345 e. The highest BCUT2D eigenvalue weighted by atomic mass is 35.5. The van der Waals surface area contributed by atoms with Crippen LogP contribution in [-0.4, -0.2) is 28.5 Å². The first-order valence-electron chi connectivity index (χ1n) is 8.03. The molecule has 1 heterocycles. The molecule has 1 aromatic carbocycles. The summed E-state index contributed by atoms with van der Waals surface area (Å²) >= 11 is 5.63. The number of urea groups is 1. The normalized spacial score (nSPS) is 11.5. The van der Waals surface area contributed by atoms with Gasteiger partial charge in [-0.05, 0) is 43.2 Å². The van der Waals surface area contributed by atoms with Gasteiger partial charge in [0.1, 0.15) is 24.0 Å². The number of anilines is 1. The number of benzene rings is 1. The van der Waals surface area contributed by atoms with Crippen LogP contribution in [0.1, 0.15) is 24.1 Å². The number of rotatable bonds is 6. The number of nitrogens with one attached hydrogen (secondary N) is 3. The Morgan fingerprint density at radius 2 is 2.07 bits per heavy atom. The number of pyridine rings is 1. The molecule has 1 aromatic heterocycles. The lowest BCUT2D eigenvalue weighted by Crippen LogP contribution is -2.40. The molecule has 0 aliphatic rings. The van der Waals surface area contributed by atoms with Crippen LogP contribution in [0.15, 0.2) is 35.7 Å². The average molecular weight is 411 g/mol. The van der Waals surface area contributed by atoms with Crippen LogP contribution < -0.4 is 10.6 Å². The van der Waals surface area contributed by atoms with E-state index < -0.39 is 36.2 Å². The third-order valence-electron chi connectivity index (χ3n) is 3.74. The maximum atomic E-state index is 13.5. The van der Waals surface area contributed by atoms with E-state index in [-0.39, 0.29) is 10.8 Å². The number of carbonyl (C=O) groups excluding carboxylic acids is 2. The highest BCUT2D eigenvalue weighted by Gasteiger charge is 2.20. The molecule has 0 spiro atoms. The van der Waals surface area contributed by atoms with Crippen molar-refractivity contribution in [3.63, 3.8) is 0 Å². The molecule has 0 aliphatic carbocycles. The summed E-state index contributed by atoms with van der Waals surface area (Å²) in [7, 11) is 0. The van der Waals surface area contributed by atoms with E-state index in [1.165, 1.54) is 25.1 Å². The largest absolute Gasteiger partial charge is 0.348 e. The Labute approximate surface area is 164 Å². The second kappa shape index (κ2) is 9.18. The van der Waals surface area contributed by atoms with Gasteiger partial charge in [0.25, 0.3) is 0 Å². The summed E-state index contributed by atoms with van der Waals surface area (Å²) < 4.78 is 26.6. The molecular formula is C17H17ClF2N6O2. The standard InChI is InChI=1S/C17H17ClF2N6O2/c1-9-5-12(19)7-22-16(9)24-17(28)26(25-21)8-15(27)23-10(2)11-3-4-13(18)14(20)6-11/h3-7,10,21H,8H2,1-2H3,(H,23,27)(H,22,24,28)/t10-/m0/s1. The molecular weight excluding hydrogens is 394 g/mol. The summed E-state index contributed by atoms with van der Waals surface area (Å²) in [6.45, 7) is 2.60. The number of aryl methyl sites for hydroxylation is 1. The van der Waals surface area contributed by atoms with E-state index in [0.717, 1.165) is 6.20 Å². The molecule has 0 radical (unpaired) electrons. The van der Waals surface area contributed by atoms with Crippen molar-refractivity contribution in [2.75, 3.05) is 11.9 Å². The van der Waals surface area contributed by atoms with E-state index in [2.05, 4.69) is 20.8 Å². The van der Waals surface area contributed by atoms with Crippen molar-refractivity contribution >= 4 is 29.4 Å². The predicted octanol–water partition coefficient (Wildman–Crippen LogP) is 3.98. The SMILES string of the molecule is Cc1cc(F)cnc1NC(=O)N(CC(=O)N[C@@H](C)c1ccc(Cl)c(F)c1)N=N. The van der Waals surface area contributed by atoms with Crippen molar-refractivity contribution < 1.29 is 18.4 Å². The average Bonchev–Trinajstić information content (AvgIpc) is 2.64. The lowest BCUT2D eigenvalue weighted by molar-refractivity contribution is -0.122. The van der Waals surface area contributed by atoms with Crippen molar-refractivity contribution in [2.45, 2.75) is 19.9 Å². The Hall–Kier alpha value is -3.14. The quantitative estimate of drug-likeness (QED) is 0.494. The molecule has 28 heavy (non-hydrogen) atoms. The number of amides is 3. The second-order valence-corrected chi connectivity index (χ2v) is 6.28. The zero-order valence-corrected chi connectivity index (χ0v) is 15.7. The molecule has 8 nitrogen and oxygen atoms in total. The molecule has 2 rings (SSSR count).